The van der Waals surface area contributed by atoms with Gasteiger partial charge in [0.15, 0.2) is 5.69 Å². The quantitative estimate of drug-likeness (QED) is 0.794. The van der Waals surface area contributed by atoms with Crippen molar-refractivity contribution in [1.29, 1.82) is 0 Å². The van der Waals surface area contributed by atoms with Crippen LogP contribution in [0, 0.1) is 5.92 Å². The number of hydrogen-bond acceptors (Lipinski definition) is 4. The summed E-state index contributed by atoms with van der Waals surface area (Å²) in [6, 6.07) is 0. The number of aryl methyl sites for hydroxylation is 1. The average molecular weight is 395 g/mol. The van der Waals surface area contributed by atoms with Crippen LogP contribution in [-0.4, -0.2) is 43.4 Å². The molecule has 0 bridgehead atoms. The fraction of sp³-hybridized carbons (Fsp3) is 0.615. The van der Waals surface area contributed by atoms with Crippen molar-refractivity contribution >= 4 is 27.5 Å². The van der Waals surface area contributed by atoms with Gasteiger partial charge in [0, 0.05) is 19.0 Å². The molecule has 1 N–H and O–H groups in total. The maximum Gasteiger partial charge on any atom is 0.439 e. The number of hydrazone groups is 1. The minimum Gasteiger partial charge on any atom is -0.362 e. The number of nitrogens with zero attached hydrogens (tertiary/aromatic N) is 4. The van der Waals surface area contributed by atoms with Crippen molar-refractivity contribution in [2.75, 3.05) is 0 Å². The highest BCUT2D eigenvalue weighted by atomic mass is 79.9. The number of aliphatic hydroxyl groups is 1. The first-order chi connectivity index (χ1) is 10.7. The summed E-state index contributed by atoms with van der Waals surface area (Å²) in [5.41, 5.74) is -3.33. The van der Waals surface area contributed by atoms with Gasteiger partial charge in [0.2, 0.25) is 0 Å². The average Bonchev–Trinajstić information content (AvgIpc) is 2.96. The van der Waals surface area contributed by atoms with Crippen LogP contribution in [0.4, 0.5) is 13.2 Å². The summed E-state index contributed by atoms with van der Waals surface area (Å²) in [6.07, 6.45) is -1.85. The van der Waals surface area contributed by atoms with E-state index >= 15 is 0 Å². The fourth-order valence-electron chi connectivity index (χ4n) is 3.12. The zero-order valence-corrected chi connectivity index (χ0v) is 13.7. The lowest BCUT2D eigenvalue weighted by atomic mass is 9.80. The zero-order valence-electron chi connectivity index (χ0n) is 12.1. The molecule has 1 aliphatic carbocycles. The van der Waals surface area contributed by atoms with Crippen LogP contribution >= 0.6 is 15.9 Å². The zero-order chi connectivity index (χ0) is 17.0. The van der Waals surface area contributed by atoms with Crippen LogP contribution in [0.1, 0.15) is 36.2 Å². The van der Waals surface area contributed by atoms with Crippen molar-refractivity contribution in [3.05, 3.63) is 16.4 Å². The molecule has 2 heterocycles. The first-order valence-electron chi connectivity index (χ1n) is 7.06. The van der Waals surface area contributed by atoms with E-state index in [1.54, 1.807) is 0 Å². The fourth-order valence-corrected chi connectivity index (χ4v) is 3.67. The Morgan fingerprint density at radius 3 is 2.74 bits per heavy atom. The summed E-state index contributed by atoms with van der Waals surface area (Å²) in [5.74, 6) is -2.30. The summed E-state index contributed by atoms with van der Waals surface area (Å²) in [4.78, 5) is 12.5. The highest BCUT2D eigenvalue weighted by Gasteiger charge is 2.68. The van der Waals surface area contributed by atoms with E-state index in [0.717, 1.165) is 0 Å². The molecule has 0 radical (unpaired) electrons. The molecule has 0 aromatic carbocycles. The monoisotopic (exact) mass is 394 g/mol. The van der Waals surface area contributed by atoms with Gasteiger partial charge in [-0.1, -0.05) is 6.42 Å². The van der Waals surface area contributed by atoms with E-state index in [1.807, 2.05) is 0 Å². The van der Waals surface area contributed by atoms with Gasteiger partial charge in [-0.2, -0.15) is 28.4 Å². The molecule has 0 saturated heterocycles. The molecule has 23 heavy (non-hydrogen) atoms. The van der Waals surface area contributed by atoms with Crippen molar-refractivity contribution in [2.45, 2.75) is 37.6 Å². The normalized spacial score (nSPS) is 27.8. The van der Waals surface area contributed by atoms with Crippen LogP contribution in [0.3, 0.4) is 0 Å². The molecule has 2 aliphatic rings. The predicted octanol–water partition coefficient (Wildman–Crippen LogP) is 2.44. The van der Waals surface area contributed by atoms with Gasteiger partial charge in [-0.25, -0.2) is 0 Å². The number of halogens is 4. The standard InChI is InChI=1S/C13H14BrF3N4O2/c1-20-6-8(14)10(19-20)11(22)21-12(23,13(15,16)17)7-4-2-3-5-9(7)18-21/h6-7,23H,2-5H2,1H3/t7-,12-/m1/s1. The van der Waals surface area contributed by atoms with Crippen LogP contribution in [0.5, 0.6) is 0 Å². The molecule has 126 valence electrons. The third-order valence-electron chi connectivity index (χ3n) is 4.21. The maximum absolute atomic E-state index is 13.6. The molecule has 1 aliphatic heterocycles. The van der Waals surface area contributed by atoms with E-state index in [1.165, 1.54) is 17.9 Å². The maximum atomic E-state index is 13.6. The minimum absolute atomic E-state index is 0.141. The topological polar surface area (TPSA) is 70.7 Å². The number of amides is 1. The highest BCUT2D eigenvalue weighted by Crippen LogP contribution is 2.48. The second-order valence-corrected chi connectivity index (χ2v) is 6.58. The predicted molar refractivity (Wildman–Crippen MR) is 77.5 cm³/mol. The van der Waals surface area contributed by atoms with Gasteiger partial charge < -0.3 is 5.11 Å². The third kappa shape index (κ3) is 2.38. The van der Waals surface area contributed by atoms with Gasteiger partial charge in [-0.3, -0.25) is 9.48 Å². The Morgan fingerprint density at radius 1 is 1.48 bits per heavy atom. The smallest absolute Gasteiger partial charge is 0.362 e. The van der Waals surface area contributed by atoms with E-state index < -0.39 is 23.7 Å². The number of carbonyl (C=O) groups excluding carboxylic acids is 1. The molecule has 1 saturated carbocycles. The Balaban J connectivity index is 2.06. The Bertz CT molecular complexity index is 687. The van der Waals surface area contributed by atoms with Crippen molar-refractivity contribution in [3.63, 3.8) is 0 Å². The number of carbonyl (C=O) groups is 1. The van der Waals surface area contributed by atoms with Crippen molar-refractivity contribution in [3.8, 4) is 0 Å². The Kier molecular flexibility index (Phi) is 3.79. The van der Waals surface area contributed by atoms with E-state index in [4.69, 9.17) is 0 Å². The van der Waals surface area contributed by atoms with Crippen LogP contribution in [-0.2, 0) is 7.05 Å². The summed E-state index contributed by atoms with van der Waals surface area (Å²) in [7, 11) is 1.53. The Morgan fingerprint density at radius 2 is 2.17 bits per heavy atom. The molecule has 0 spiro atoms. The lowest BCUT2D eigenvalue weighted by molar-refractivity contribution is -0.312. The summed E-state index contributed by atoms with van der Waals surface area (Å²) < 4.78 is 42.3. The van der Waals surface area contributed by atoms with Crippen LogP contribution in [0.25, 0.3) is 0 Å². The number of fused-ring (bicyclic) bond motifs is 1. The molecule has 2 atom stereocenters. The van der Waals surface area contributed by atoms with Crippen molar-refractivity contribution in [2.24, 2.45) is 18.1 Å². The van der Waals surface area contributed by atoms with E-state index in [9.17, 15) is 23.1 Å². The van der Waals surface area contributed by atoms with Gasteiger partial charge >= 0.3 is 6.18 Å². The molecule has 6 nitrogen and oxygen atoms in total. The molecule has 0 unspecified atom stereocenters. The SMILES string of the molecule is Cn1cc(Br)c(C(=O)N2N=C3CCCC[C@H]3[C@@]2(O)C(F)(F)F)n1. The molecule has 1 amide bonds. The minimum atomic E-state index is -5.02. The van der Waals surface area contributed by atoms with Crippen molar-refractivity contribution in [1.82, 2.24) is 14.8 Å². The van der Waals surface area contributed by atoms with E-state index in [0.29, 0.717) is 19.3 Å². The molecule has 1 fully saturated rings. The summed E-state index contributed by atoms with van der Waals surface area (Å²) in [5, 5.41) is 18.3. The van der Waals surface area contributed by atoms with E-state index in [2.05, 4.69) is 26.1 Å². The van der Waals surface area contributed by atoms with Gasteiger partial charge in [0.1, 0.15) is 0 Å². The molecule has 1 aromatic rings. The Hall–Kier alpha value is -1.42. The van der Waals surface area contributed by atoms with E-state index in [-0.39, 0.29) is 27.3 Å². The second-order valence-electron chi connectivity index (χ2n) is 5.73. The van der Waals surface area contributed by atoms with Crippen molar-refractivity contribution < 1.29 is 23.1 Å². The molecular formula is C13H14BrF3N4O2. The molecule has 1 aromatic heterocycles. The second kappa shape index (κ2) is 5.30. The first-order valence-corrected chi connectivity index (χ1v) is 7.85. The molecule has 3 rings (SSSR count). The van der Waals surface area contributed by atoms with Crippen LogP contribution in [0.2, 0.25) is 0 Å². The number of hydrogen-bond donors (Lipinski definition) is 1. The lowest BCUT2D eigenvalue weighted by Crippen LogP contribution is -2.61. The number of aromatic nitrogens is 2. The largest absolute Gasteiger partial charge is 0.439 e. The summed E-state index contributed by atoms with van der Waals surface area (Å²) >= 11 is 3.09. The molecule has 10 heteroatoms. The first kappa shape index (κ1) is 16.4. The van der Waals surface area contributed by atoms with Gasteiger partial charge in [0.25, 0.3) is 11.6 Å². The van der Waals surface area contributed by atoms with Gasteiger partial charge in [0.05, 0.1) is 10.4 Å². The van der Waals surface area contributed by atoms with Gasteiger partial charge in [-0.15, -0.1) is 0 Å². The number of alkyl halides is 3. The Labute approximate surface area is 138 Å². The van der Waals surface area contributed by atoms with Gasteiger partial charge in [-0.05, 0) is 35.2 Å². The lowest BCUT2D eigenvalue weighted by Gasteiger charge is -2.37. The van der Waals surface area contributed by atoms with Crippen LogP contribution in [0.15, 0.2) is 15.8 Å². The third-order valence-corrected chi connectivity index (χ3v) is 4.79. The van der Waals surface area contributed by atoms with Crippen LogP contribution < -0.4 is 0 Å². The number of rotatable bonds is 1. The highest BCUT2D eigenvalue weighted by molar-refractivity contribution is 9.10. The molecular weight excluding hydrogens is 381 g/mol. The summed E-state index contributed by atoms with van der Waals surface area (Å²) in [6.45, 7) is 0.